The number of thioether (sulfide) groups is 1. The van der Waals surface area contributed by atoms with Crippen molar-refractivity contribution in [2.75, 3.05) is 29.6 Å². The SMILES string of the molecule is CSc1cccc(NC(=O)Cn2c(N3CCC(C)CC3)nc(C)cc2=O)c1. The summed E-state index contributed by atoms with van der Waals surface area (Å²) < 4.78 is 1.48. The summed E-state index contributed by atoms with van der Waals surface area (Å²) in [4.78, 5) is 32.9. The molecule has 0 spiro atoms. The number of amides is 1. The van der Waals surface area contributed by atoms with Crippen LogP contribution in [0.4, 0.5) is 11.6 Å². The molecule has 1 aliphatic heterocycles. The molecule has 0 bridgehead atoms. The molecule has 1 aromatic heterocycles. The highest BCUT2D eigenvalue weighted by Crippen LogP contribution is 2.22. The predicted molar refractivity (Wildman–Crippen MR) is 111 cm³/mol. The second-order valence-corrected chi connectivity index (χ2v) is 7.95. The number of rotatable bonds is 5. The van der Waals surface area contributed by atoms with Crippen molar-refractivity contribution < 1.29 is 4.79 Å². The van der Waals surface area contributed by atoms with Gasteiger partial charge in [-0.1, -0.05) is 13.0 Å². The molecule has 144 valence electrons. The lowest BCUT2D eigenvalue weighted by Gasteiger charge is -2.32. The number of nitrogens with zero attached hydrogens (tertiary/aromatic N) is 3. The van der Waals surface area contributed by atoms with Crippen LogP contribution in [0.3, 0.4) is 0 Å². The summed E-state index contributed by atoms with van der Waals surface area (Å²) in [5, 5.41) is 2.89. The predicted octanol–water partition coefficient (Wildman–Crippen LogP) is 3.15. The van der Waals surface area contributed by atoms with Gasteiger partial charge in [-0.25, -0.2) is 4.98 Å². The highest BCUT2D eigenvalue weighted by molar-refractivity contribution is 7.98. The number of aromatic nitrogens is 2. The molecule has 27 heavy (non-hydrogen) atoms. The number of carbonyl (C=O) groups excluding carboxylic acids is 1. The minimum atomic E-state index is -0.229. The Morgan fingerprint density at radius 2 is 2.04 bits per heavy atom. The first-order valence-corrected chi connectivity index (χ1v) is 10.5. The van der Waals surface area contributed by atoms with Crippen molar-refractivity contribution in [3.63, 3.8) is 0 Å². The van der Waals surface area contributed by atoms with Crippen molar-refractivity contribution >= 4 is 29.3 Å². The van der Waals surface area contributed by atoms with Crippen molar-refractivity contribution in [3.8, 4) is 0 Å². The van der Waals surface area contributed by atoms with Crippen molar-refractivity contribution in [2.24, 2.45) is 5.92 Å². The summed E-state index contributed by atoms with van der Waals surface area (Å²) in [7, 11) is 0. The average Bonchev–Trinajstić information content (AvgIpc) is 2.64. The fourth-order valence-electron chi connectivity index (χ4n) is 3.25. The smallest absolute Gasteiger partial charge is 0.255 e. The van der Waals surface area contributed by atoms with E-state index in [1.54, 1.807) is 11.8 Å². The third-order valence-corrected chi connectivity index (χ3v) is 5.56. The number of hydrogen-bond donors (Lipinski definition) is 1. The van der Waals surface area contributed by atoms with Gasteiger partial charge in [-0.05, 0) is 50.1 Å². The van der Waals surface area contributed by atoms with Crippen LogP contribution in [0.25, 0.3) is 0 Å². The lowest BCUT2D eigenvalue weighted by atomic mass is 10.00. The molecule has 0 saturated carbocycles. The van der Waals surface area contributed by atoms with E-state index in [0.29, 0.717) is 17.6 Å². The summed E-state index contributed by atoms with van der Waals surface area (Å²) in [6.07, 6.45) is 4.12. The molecular weight excluding hydrogens is 360 g/mol. The second-order valence-electron chi connectivity index (χ2n) is 7.07. The Bertz CT molecular complexity index is 873. The molecule has 0 unspecified atom stereocenters. The van der Waals surface area contributed by atoms with E-state index in [0.717, 1.165) is 36.5 Å². The molecular formula is C20H26N4O2S. The lowest BCUT2D eigenvalue weighted by molar-refractivity contribution is -0.116. The van der Waals surface area contributed by atoms with Gasteiger partial charge in [-0.2, -0.15) is 0 Å². The topological polar surface area (TPSA) is 67.2 Å². The van der Waals surface area contributed by atoms with E-state index in [1.807, 2.05) is 37.4 Å². The van der Waals surface area contributed by atoms with Gasteiger partial charge in [-0.15, -0.1) is 11.8 Å². The van der Waals surface area contributed by atoms with Crippen LogP contribution in [0.15, 0.2) is 40.0 Å². The van der Waals surface area contributed by atoms with Crippen LogP contribution in [-0.4, -0.2) is 34.8 Å². The summed E-state index contributed by atoms with van der Waals surface area (Å²) in [5.41, 5.74) is 1.22. The van der Waals surface area contributed by atoms with Gasteiger partial charge < -0.3 is 10.2 Å². The quantitative estimate of drug-likeness (QED) is 0.800. The van der Waals surface area contributed by atoms with E-state index < -0.39 is 0 Å². The van der Waals surface area contributed by atoms with Gasteiger partial charge in [0.1, 0.15) is 6.54 Å². The number of hydrogen-bond acceptors (Lipinski definition) is 5. The third kappa shape index (κ3) is 4.91. The molecule has 2 aromatic rings. The van der Waals surface area contributed by atoms with Gasteiger partial charge >= 0.3 is 0 Å². The Hall–Kier alpha value is -2.28. The summed E-state index contributed by atoms with van der Waals surface area (Å²) in [5.74, 6) is 1.05. The number of aryl methyl sites for hydroxylation is 1. The van der Waals surface area contributed by atoms with Crippen LogP contribution < -0.4 is 15.8 Å². The molecule has 2 heterocycles. The van der Waals surface area contributed by atoms with Crippen molar-refractivity contribution in [2.45, 2.75) is 38.1 Å². The van der Waals surface area contributed by atoms with Crippen LogP contribution in [0, 0.1) is 12.8 Å². The van der Waals surface area contributed by atoms with Crippen molar-refractivity contribution in [1.82, 2.24) is 9.55 Å². The highest BCUT2D eigenvalue weighted by Gasteiger charge is 2.21. The monoisotopic (exact) mass is 386 g/mol. The maximum absolute atomic E-state index is 12.6. The molecule has 1 N–H and O–H groups in total. The standard InChI is InChI=1S/C20H26N4O2S/c1-14-7-9-23(10-8-14)20-21-15(2)11-19(26)24(20)13-18(25)22-16-5-4-6-17(12-16)27-3/h4-6,11-12,14H,7-10,13H2,1-3H3,(H,22,25). The molecule has 6 nitrogen and oxygen atoms in total. The Labute approximate surface area is 164 Å². The normalized spacial score (nSPS) is 15.0. The number of benzene rings is 1. The van der Waals surface area contributed by atoms with Gasteiger partial charge in [0.2, 0.25) is 11.9 Å². The highest BCUT2D eigenvalue weighted by atomic mass is 32.2. The Morgan fingerprint density at radius 1 is 1.30 bits per heavy atom. The second kappa shape index (κ2) is 8.61. The molecule has 0 aliphatic carbocycles. The van der Waals surface area contributed by atoms with Crippen LogP contribution >= 0.6 is 11.8 Å². The fourth-order valence-corrected chi connectivity index (χ4v) is 3.71. The maximum atomic E-state index is 12.6. The van der Waals surface area contributed by atoms with Crippen molar-refractivity contribution in [1.29, 1.82) is 0 Å². The molecule has 3 rings (SSSR count). The van der Waals surface area contributed by atoms with Crippen LogP contribution in [0.2, 0.25) is 0 Å². The van der Waals surface area contributed by atoms with Crippen LogP contribution in [0.1, 0.15) is 25.5 Å². The molecule has 1 saturated heterocycles. The first-order valence-electron chi connectivity index (χ1n) is 9.23. The van der Waals surface area contributed by atoms with E-state index in [9.17, 15) is 9.59 Å². The van der Waals surface area contributed by atoms with Gasteiger partial charge in [0.15, 0.2) is 0 Å². The molecule has 0 radical (unpaired) electrons. The van der Waals surface area contributed by atoms with E-state index in [-0.39, 0.29) is 18.0 Å². The Morgan fingerprint density at radius 3 is 2.74 bits per heavy atom. The third-order valence-electron chi connectivity index (χ3n) is 4.84. The largest absolute Gasteiger partial charge is 0.342 e. The van der Waals surface area contributed by atoms with E-state index in [1.165, 1.54) is 10.6 Å². The van der Waals surface area contributed by atoms with Crippen molar-refractivity contribution in [3.05, 3.63) is 46.4 Å². The van der Waals surface area contributed by atoms with Gasteiger partial charge in [0.25, 0.3) is 5.56 Å². The fraction of sp³-hybridized carbons (Fsp3) is 0.450. The van der Waals surface area contributed by atoms with E-state index >= 15 is 0 Å². The number of nitrogens with one attached hydrogen (secondary N) is 1. The molecule has 1 aromatic carbocycles. The molecule has 1 amide bonds. The molecule has 7 heteroatoms. The number of anilines is 2. The Kier molecular flexibility index (Phi) is 6.21. The average molecular weight is 387 g/mol. The zero-order valence-electron chi connectivity index (χ0n) is 16.1. The molecule has 1 fully saturated rings. The summed E-state index contributed by atoms with van der Waals surface area (Å²) in [6.45, 7) is 5.72. The first kappa shape index (κ1) is 19.5. The molecule has 1 aliphatic rings. The lowest BCUT2D eigenvalue weighted by Crippen LogP contribution is -2.39. The van der Waals surface area contributed by atoms with Gasteiger partial charge in [0, 0.05) is 35.4 Å². The number of piperidine rings is 1. The summed E-state index contributed by atoms with van der Waals surface area (Å²) >= 11 is 1.62. The van der Waals surface area contributed by atoms with E-state index in [2.05, 4.69) is 22.1 Å². The Balaban J connectivity index is 1.81. The van der Waals surface area contributed by atoms with Gasteiger partial charge in [-0.3, -0.25) is 14.2 Å². The van der Waals surface area contributed by atoms with E-state index in [4.69, 9.17) is 0 Å². The first-order chi connectivity index (χ1) is 13.0. The maximum Gasteiger partial charge on any atom is 0.255 e. The van der Waals surface area contributed by atoms with Crippen LogP contribution in [0.5, 0.6) is 0 Å². The number of carbonyl (C=O) groups is 1. The zero-order chi connectivity index (χ0) is 19.4. The van der Waals surface area contributed by atoms with Gasteiger partial charge in [0.05, 0.1) is 0 Å². The minimum Gasteiger partial charge on any atom is -0.342 e. The summed E-state index contributed by atoms with van der Waals surface area (Å²) in [6, 6.07) is 9.15. The zero-order valence-corrected chi connectivity index (χ0v) is 16.9. The minimum absolute atomic E-state index is 0.0446. The molecule has 0 atom stereocenters. The van der Waals surface area contributed by atoms with Crippen LogP contribution in [-0.2, 0) is 11.3 Å².